The van der Waals surface area contributed by atoms with Gasteiger partial charge in [0.25, 0.3) is 0 Å². The Bertz CT molecular complexity index is 261. The summed E-state index contributed by atoms with van der Waals surface area (Å²) in [6.07, 6.45) is 21.4. The van der Waals surface area contributed by atoms with Crippen LogP contribution in [-0.2, 0) is 9.47 Å². The van der Waals surface area contributed by atoms with Crippen molar-refractivity contribution in [1.29, 1.82) is 0 Å². The highest BCUT2D eigenvalue weighted by Gasteiger charge is 2.25. The van der Waals surface area contributed by atoms with Crippen molar-refractivity contribution in [2.45, 2.75) is 144 Å². The van der Waals surface area contributed by atoms with Crippen LogP contribution >= 0.6 is 0 Å². The predicted octanol–water partition coefficient (Wildman–Crippen LogP) is 8.67. The van der Waals surface area contributed by atoms with Gasteiger partial charge in [-0.1, -0.05) is 125 Å². The van der Waals surface area contributed by atoms with Crippen molar-refractivity contribution in [3.63, 3.8) is 0 Å². The van der Waals surface area contributed by atoms with Gasteiger partial charge in [0, 0.05) is 18.6 Å². The lowest BCUT2D eigenvalue weighted by atomic mass is 9.96. The minimum Gasteiger partial charge on any atom is -0.352 e. The fraction of sp³-hybridized carbons (Fsp3) is 1.00. The second-order valence-electron chi connectivity index (χ2n) is 9.39. The fourth-order valence-corrected chi connectivity index (χ4v) is 3.40. The lowest BCUT2D eigenvalue weighted by Crippen LogP contribution is -2.32. The van der Waals surface area contributed by atoms with E-state index in [0.717, 1.165) is 13.2 Å². The van der Waals surface area contributed by atoms with Gasteiger partial charge in [-0.25, -0.2) is 0 Å². The lowest BCUT2D eigenvalue weighted by molar-refractivity contribution is -0.195. The van der Waals surface area contributed by atoms with E-state index >= 15 is 0 Å². The standard InChI is InChI=1S/C25H52O2/c1-6-8-10-12-14-16-18-20-22-26-24(25(3,4)5)27-23-21-19-17-15-13-11-9-7-2/h24H,6-23H2,1-5H3. The van der Waals surface area contributed by atoms with Gasteiger partial charge in [0.15, 0.2) is 6.29 Å². The number of unbranched alkanes of at least 4 members (excludes halogenated alkanes) is 14. The molecule has 0 amide bonds. The average molecular weight is 385 g/mol. The molecule has 2 nitrogen and oxygen atoms in total. The van der Waals surface area contributed by atoms with Crippen LogP contribution in [0, 0.1) is 5.41 Å². The Labute approximate surface area is 172 Å². The molecule has 0 heterocycles. The summed E-state index contributed by atoms with van der Waals surface area (Å²) in [5.74, 6) is 0. The lowest BCUT2D eigenvalue weighted by Gasteiger charge is -2.30. The fourth-order valence-electron chi connectivity index (χ4n) is 3.40. The largest absolute Gasteiger partial charge is 0.352 e. The SMILES string of the molecule is CCCCCCCCCCOC(OCCCCCCCCCC)C(C)(C)C. The summed E-state index contributed by atoms with van der Waals surface area (Å²) in [7, 11) is 0. The van der Waals surface area contributed by atoms with E-state index < -0.39 is 0 Å². The zero-order valence-corrected chi connectivity index (χ0v) is 19.6. The summed E-state index contributed by atoms with van der Waals surface area (Å²) in [6, 6.07) is 0. The summed E-state index contributed by atoms with van der Waals surface area (Å²) in [5.41, 5.74) is 0.0559. The first kappa shape index (κ1) is 26.9. The molecule has 0 aromatic rings. The number of ether oxygens (including phenoxy) is 2. The van der Waals surface area contributed by atoms with Gasteiger partial charge in [0.2, 0.25) is 0 Å². The van der Waals surface area contributed by atoms with Crippen molar-refractivity contribution in [3.05, 3.63) is 0 Å². The van der Waals surface area contributed by atoms with E-state index in [0.29, 0.717) is 0 Å². The topological polar surface area (TPSA) is 18.5 Å². The molecule has 0 aromatic heterocycles. The Hall–Kier alpha value is -0.0800. The molecule has 0 unspecified atom stereocenters. The van der Waals surface area contributed by atoms with Crippen molar-refractivity contribution >= 4 is 0 Å². The molecule has 0 aliphatic carbocycles. The molecule has 0 rings (SSSR count). The van der Waals surface area contributed by atoms with Crippen LogP contribution < -0.4 is 0 Å². The third-order valence-electron chi connectivity index (χ3n) is 5.24. The maximum atomic E-state index is 6.10. The quantitative estimate of drug-likeness (QED) is 0.154. The third kappa shape index (κ3) is 19.0. The molecule has 27 heavy (non-hydrogen) atoms. The summed E-state index contributed by atoms with van der Waals surface area (Å²) in [6.45, 7) is 12.9. The molecular formula is C25H52O2. The van der Waals surface area contributed by atoms with Gasteiger partial charge in [0.1, 0.15) is 0 Å². The van der Waals surface area contributed by atoms with Crippen molar-refractivity contribution in [1.82, 2.24) is 0 Å². The molecule has 0 spiro atoms. The van der Waals surface area contributed by atoms with Gasteiger partial charge in [-0.15, -0.1) is 0 Å². The second kappa shape index (κ2) is 19.2. The van der Waals surface area contributed by atoms with E-state index in [1.165, 1.54) is 103 Å². The molecule has 2 heteroatoms. The van der Waals surface area contributed by atoms with Crippen LogP contribution in [0.4, 0.5) is 0 Å². The Morgan fingerprint density at radius 3 is 1.07 bits per heavy atom. The summed E-state index contributed by atoms with van der Waals surface area (Å²) < 4.78 is 12.2. The monoisotopic (exact) mass is 384 g/mol. The van der Waals surface area contributed by atoms with E-state index in [-0.39, 0.29) is 11.7 Å². The maximum absolute atomic E-state index is 6.10. The molecule has 0 aliphatic heterocycles. The van der Waals surface area contributed by atoms with E-state index in [2.05, 4.69) is 34.6 Å². The van der Waals surface area contributed by atoms with Gasteiger partial charge in [-0.05, 0) is 12.8 Å². The molecule has 0 saturated carbocycles. The van der Waals surface area contributed by atoms with E-state index in [1.807, 2.05) is 0 Å². The van der Waals surface area contributed by atoms with Crippen LogP contribution in [0.1, 0.15) is 137 Å². The van der Waals surface area contributed by atoms with Crippen LogP contribution in [0.15, 0.2) is 0 Å². The molecule has 0 atom stereocenters. The Kier molecular flexibility index (Phi) is 19.2. The minimum absolute atomic E-state index is 0.0559. The zero-order chi connectivity index (χ0) is 20.2. The second-order valence-corrected chi connectivity index (χ2v) is 9.39. The number of rotatable bonds is 20. The summed E-state index contributed by atoms with van der Waals surface area (Å²) in [5, 5.41) is 0. The smallest absolute Gasteiger partial charge is 0.162 e. The van der Waals surface area contributed by atoms with E-state index in [4.69, 9.17) is 9.47 Å². The van der Waals surface area contributed by atoms with E-state index in [1.54, 1.807) is 0 Å². The first-order valence-electron chi connectivity index (χ1n) is 12.3. The normalized spacial score (nSPS) is 12.2. The van der Waals surface area contributed by atoms with Crippen LogP contribution in [0.3, 0.4) is 0 Å². The number of hydrogen-bond donors (Lipinski definition) is 0. The highest BCUT2D eigenvalue weighted by atomic mass is 16.7. The van der Waals surface area contributed by atoms with Gasteiger partial charge in [0.05, 0.1) is 0 Å². The molecule has 0 saturated heterocycles. The van der Waals surface area contributed by atoms with Crippen molar-refractivity contribution in [3.8, 4) is 0 Å². The zero-order valence-electron chi connectivity index (χ0n) is 19.6. The molecule has 0 radical (unpaired) electrons. The molecule has 0 bridgehead atoms. The van der Waals surface area contributed by atoms with Crippen LogP contribution in [0.2, 0.25) is 0 Å². The van der Waals surface area contributed by atoms with Gasteiger partial charge in [-0.3, -0.25) is 0 Å². The molecule has 0 aliphatic rings. The first-order chi connectivity index (χ1) is 13.0. The molecule has 0 aromatic carbocycles. The Morgan fingerprint density at radius 1 is 0.481 bits per heavy atom. The van der Waals surface area contributed by atoms with Crippen LogP contribution in [-0.4, -0.2) is 19.5 Å². The summed E-state index contributed by atoms with van der Waals surface area (Å²) >= 11 is 0. The van der Waals surface area contributed by atoms with Gasteiger partial charge < -0.3 is 9.47 Å². The molecule has 0 N–H and O–H groups in total. The predicted molar refractivity (Wildman–Crippen MR) is 120 cm³/mol. The molecule has 164 valence electrons. The molecular weight excluding hydrogens is 332 g/mol. The average Bonchev–Trinajstić information content (AvgIpc) is 2.62. The summed E-state index contributed by atoms with van der Waals surface area (Å²) in [4.78, 5) is 0. The van der Waals surface area contributed by atoms with Crippen molar-refractivity contribution < 1.29 is 9.47 Å². The highest BCUT2D eigenvalue weighted by molar-refractivity contribution is 4.67. The Balaban J connectivity index is 3.63. The van der Waals surface area contributed by atoms with E-state index in [9.17, 15) is 0 Å². The van der Waals surface area contributed by atoms with Crippen LogP contribution in [0.5, 0.6) is 0 Å². The first-order valence-corrected chi connectivity index (χ1v) is 12.3. The van der Waals surface area contributed by atoms with Gasteiger partial charge >= 0.3 is 0 Å². The highest BCUT2D eigenvalue weighted by Crippen LogP contribution is 2.24. The number of hydrogen-bond acceptors (Lipinski definition) is 2. The van der Waals surface area contributed by atoms with Crippen molar-refractivity contribution in [2.75, 3.05) is 13.2 Å². The minimum atomic E-state index is -0.0633. The van der Waals surface area contributed by atoms with Crippen LogP contribution in [0.25, 0.3) is 0 Å². The van der Waals surface area contributed by atoms with Crippen molar-refractivity contribution in [2.24, 2.45) is 5.41 Å². The third-order valence-corrected chi connectivity index (χ3v) is 5.24. The maximum Gasteiger partial charge on any atom is 0.162 e. The molecule has 0 fully saturated rings. The van der Waals surface area contributed by atoms with Gasteiger partial charge in [-0.2, -0.15) is 0 Å². The Morgan fingerprint density at radius 2 is 0.778 bits per heavy atom.